The number of anilines is 1. The lowest BCUT2D eigenvalue weighted by Crippen LogP contribution is -2.32. The molecule has 132 valence electrons. The van der Waals surface area contributed by atoms with Crippen LogP contribution in [-0.4, -0.2) is 46.3 Å². The summed E-state index contributed by atoms with van der Waals surface area (Å²) >= 11 is 0. The maximum Gasteiger partial charge on any atom is 0.320 e. The lowest BCUT2D eigenvalue weighted by molar-refractivity contribution is 0.285. The fourth-order valence-corrected chi connectivity index (χ4v) is 3.01. The summed E-state index contributed by atoms with van der Waals surface area (Å²) in [5, 5.41) is 3.43. The minimum atomic E-state index is 0.305. The first-order chi connectivity index (χ1) is 11.7. The van der Waals surface area contributed by atoms with Gasteiger partial charge >= 0.3 is 6.01 Å². The molecule has 2 aromatic heterocycles. The molecule has 0 bridgehead atoms. The van der Waals surface area contributed by atoms with Gasteiger partial charge in [0.25, 0.3) is 6.01 Å². The van der Waals surface area contributed by atoms with Crippen LogP contribution in [0.4, 0.5) is 5.82 Å². The van der Waals surface area contributed by atoms with Crippen molar-refractivity contribution in [3.05, 3.63) is 0 Å². The molecule has 3 heterocycles. The number of nitrogen functional groups attached to an aromatic ring is 1. The van der Waals surface area contributed by atoms with Gasteiger partial charge in [-0.2, -0.15) is 15.0 Å². The Morgan fingerprint density at radius 3 is 2.92 bits per heavy atom. The second-order valence-corrected chi connectivity index (χ2v) is 6.19. The van der Waals surface area contributed by atoms with E-state index >= 15 is 0 Å². The molecule has 24 heavy (non-hydrogen) atoms. The average molecular weight is 334 g/mol. The highest BCUT2D eigenvalue weighted by Crippen LogP contribution is 2.27. The molecule has 0 radical (unpaired) electrons. The van der Waals surface area contributed by atoms with Crippen LogP contribution in [0.5, 0.6) is 12.0 Å². The third-order valence-electron chi connectivity index (χ3n) is 4.32. The monoisotopic (exact) mass is 334 g/mol. The van der Waals surface area contributed by atoms with E-state index in [1.54, 1.807) is 7.11 Å². The number of nitrogens with zero attached hydrogens (tertiary/aromatic N) is 4. The Kier molecular flexibility index (Phi) is 5.34. The first-order valence-corrected chi connectivity index (χ1v) is 8.64. The van der Waals surface area contributed by atoms with Crippen LogP contribution >= 0.6 is 0 Å². The van der Waals surface area contributed by atoms with E-state index in [9.17, 15) is 0 Å². The first kappa shape index (κ1) is 16.8. The number of piperidine rings is 1. The zero-order chi connectivity index (χ0) is 16.9. The van der Waals surface area contributed by atoms with Gasteiger partial charge in [-0.3, -0.25) is 4.57 Å². The zero-order valence-electron chi connectivity index (χ0n) is 14.4. The number of unbranched alkanes of at least 4 members (excludes halogenated alkanes) is 1. The average Bonchev–Trinajstić information content (AvgIpc) is 2.94. The molecule has 0 unspecified atom stereocenters. The van der Waals surface area contributed by atoms with Crippen molar-refractivity contribution < 1.29 is 9.47 Å². The molecule has 1 aliphatic heterocycles. The van der Waals surface area contributed by atoms with Crippen molar-refractivity contribution in [3.8, 4) is 12.0 Å². The number of imidazole rings is 1. The van der Waals surface area contributed by atoms with Gasteiger partial charge in [0.15, 0.2) is 17.0 Å². The molecule has 3 rings (SSSR count). The quantitative estimate of drug-likeness (QED) is 0.742. The van der Waals surface area contributed by atoms with Crippen molar-refractivity contribution in [1.29, 1.82) is 0 Å². The Labute approximate surface area is 141 Å². The second-order valence-electron chi connectivity index (χ2n) is 6.19. The Morgan fingerprint density at radius 1 is 1.33 bits per heavy atom. The highest BCUT2D eigenvalue weighted by Gasteiger charge is 2.21. The first-order valence-electron chi connectivity index (χ1n) is 8.64. The summed E-state index contributed by atoms with van der Waals surface area (Å²) in [5.41, 5.74) is 7.30. The van der Waals surface area contributed by atoms with E-state index in [2.05, 4.69) is 27.2 Å². The van der Waals surface area contributed by atoms with E-state index in [0.29, 0.717) is 41.5 Å². The van der Waals surface area contributed by atoms with Crippen LogP contribution in [0.2, 0.25) is 0 Å². The van der Waals surface area contributed by atoms with Gasteiger partial charge in [0, 0.05) is 6.54 Å². The van der Waals surface area contributed by atoms with Crippen molar-refractivity contribution in [3.63, 3.8) is 0 Å². The fraction of sp³-hybridized carbons (Fsp3) is 0.688. The summed E-state index contributed by atoms with van der Waals surface area (Å²) in [5.74, 6) is 0.844. The summed E-state index contributed by atoms with van der Waals surface area (Å²) in [6, 6.07) is 0.821. The third kappa shape index (κ3) is 3.53. The summed E-state index contributed by atoms with van der Waals surface area (Å²) in [6.07, 6.45) is 4.37. The van der Waals surface area contributed by atoms with Crippen molar-refractivity contribution in [1.82, 2.24) is 24.8 Å². The Balaban J connectivity index is 1.92. The number of methoxy groups -OCH3 is 1. The van der Waals surface area contributed by atoms with Crippen LogP contribution < -0.4 is 20.5 Å². The van der Waals surface area contributed by atoms with Crippen molar-refractivity contribution in [2.45, 2.75) is 39.2 Å². The highest BCUT2D eigenvalue weighted by molar-refractivity contribution is 5.83. The molecule has 1 saturated heterocycles. The highest BCUT2D eigenvalue weighted by atomic mass is 16.5. The number of hydrogen-bond donors (Lipinski definition) is 2. The van der Waals surface area contributed by atoms with Gasteiger partial charge in [0.1, 0.15) is 0 Å². The summed E-state index contributed by atoms with van der Waals surface area (Å²) in [4.78, 5) is 13.2. The van der Waals surface area contributed by atoms with Crippen molar-refractivity contribution in [2.24, 2.45) is 5.92 Å². The number of aromatic nitrogens is 4. The van der Waals surface area contributed by atoms with Gasteiger partial charge in [0.2, 0.25) is 0 Å². The van der Waals surface area contributed by atoms with Gasteiger partial charge in [-0.1, -0.05) is 13.3 Å². The maximum atomic E-state index is 6.06. The van der Waals surface area contributed by atoms with Crippen LogP contribution in [0.15, 0.2) is 0 Å². The number of nitrogens with two attached hydrogens (primary N) is 1. The number of ether oxygens (including phenoxy) is 2. The normalized spacial score (nSPS) is 18.0. The molecule has 0 aliphatic carbocycles. The third-order valence-corrected chi connectivity index (χ3v) is 4.32. The molecular weight excluding hydrogens is 308 g/mol. The van der Waals surface area contributed by atoms with Gasteiger partial charge in [0.05, 0.1) is 13.7 Å². The predicted octanol–water partition coefficient (Wildman–Crippen LogP) is 1.60. The largest absolute Gasteiger partial charge is 0.468 e. The Bertz CT molecular complexity index is 681. The van der Waals surface area contributed by atoms with E-state index in [1.807, 2.05) is 4.57 Å². The van der Waals surface area contributed by atoms with Gasteiger partial charge < -0.3 is 20.5 Å². The molecule has 8 heteroatoms. The van der Waals surface area contributed by atoms with Gasteiger partial charge in [-0.25, -0.2) is 0 Å². The molecule has 1 fully saturated rings. The van der Waals surface area contributed by atoms with Crippen LogP contribution in [0, 0.1) is 5.92 Å². The van der Waals surface area contributed by atoms with Crippen LogP contribution in [0.3, 0.4) is 0 Å². The molecule has 1 aliphatic rings. The number of nitrogens with one attached hydrogen (secondary N) is 1. The fourth-order valence-electron chi connectivity index (χ4n) is 3.01. The van der Waals surface area contributed by atoms with Crippen LogP contribution in [0.1, 0.15) is 32.6 Å². The smallest absolute Gasteiger partial charge is 0.320 e. The molecule has 0 amide bonds. The van der Waals surface area contributed by atoms with Crippen LogP contribution in [-0.2, 0) is 6.54 Å². The molecule has 1 atom stereocenters. The number of fused-ring (bicyclic) bond motifs is 1. The SMILES string of the molecule is CCCCOc1nc(N)c2nc(OC)n(C[C@@H]3CCCNC3)c2n1. The molecule has 0 spiro atoms. The molecular formula is C16H26N6O2. The minimum Gasteiger partial charge on any atom is -0.468 e. The standard InChI is InChI=1S/C16H26N6O2/c1-3-4-8-24-15-20-13(17)12-14(21-15)22(16(19-12)23-2)10-11-6-5-7-18-9-11/h11,18H,3-10H2,1-2H3,(H2,17,20,21)/t11-/m1/s1. The number of hydrogen-bond acceptors (Lipinski definition) is 7. The summed E-state index contributed by atoms with van der Waals surface area (Å²) in [6.45, 7) is 5.56. The molecule has 8 nitrogen and oxygen atoms in total. The van der Waals surface area contributed by atoms with Crippen LogP contribution in [0.25, 0.3) is 11.2 Å². The van der Waals surface area contributed by atoms with E-state index in [1.165, 1.54) is 12.8 Å². The lowest BCUT2D eigenvalue weighted by Gasteiger charge is -2.23. The molecule has 2 aromatic rings. The predicted molar refractivity (Wildman–Crippen MR) is 92.3 cm³/mol. The van der Waals surface area contributed by atoms with Crippen molar-refractivity contribution in [2.75, 3.05) is 32.5 Å². The second kappa shape index (κ2) is 7.65. The zero-order valence-corrected chi connectivity index (χ0v) is 14.4. The molecule has 0 aromatic carbocycles. The topological polar surface area (TPSA) is 100 Å². The molecule has 0 saturated carbocycles. The number of rotatable bonds is 7. The molecule has 3 N–H and O–H groups in total. The van der Waals surface area contributed by atoms with Gasteiger partial charge in [-0.05, 0) is 38.3 Å². The van der Waals surface area contributed by atoms with E-state index < -0.39 is 0 Å². The van der Waals surface area contributed by atoms with E-state index in [0.717, 1.165) is 32.5 Å². The Hall–Kier alpha value is -2.09. The maximum absolute atomic E-state index is 6.06. The van der Waals surface area contributed by atoms with Gasteiger partial charge in [-0.15, -0.1) is 0 Å². The van der Waals surface area contributed by atoms with Crippen molar-refractivity contribution >= 4 is 17.0 Å². The van der Waals surface area contributed by atoms with E-state index in [4.69, 9.17) is 15.2 Å². The summed E-state index contributed by atoms with van der Waals surface area (Å²) < 4.78 is 13.0. The lowest BCUT2D eigenvalue weighted by atomic mass is 10.00. The Morgan fingerprint density at radius 2 is 2.21 bits per heavy atom. The minimum absolute atomic E-state index is 0.305. The van der Waals surface area contributed by atoms with E-state index in [-0.39, 0.29) is 0 Å². The summed E-state index contributed by atoms with van der Waals surface area (Å²) in [7, 11) is 1.61.